The summed E-state index contributed by atoms with van der Waals surface area (Å²) in [4.78, 5) is 11.7. The van der Waals surface area contributed by atoms with Gasteiger partial charge in [-0.3, -0.25) is 4.79 Å². The molecule has 0 heterocycles. The van der Waals surface area contributed by atoms with E-state index in [1.54, 1.807) is 6.92 Å². The maximum absolute atomic E-state index is 11.7. The van der Waals surface area contributed by atoms with E-state index in [1.165, 1.54) is 5.56 Å². The monoisotopic (exact) mass is 218 g/mol. The summed E-state index contributed by atoms with van der Waals surface area (Å²) in [7, 11) is 0. The van der Waals surface area contributed by atoms with Crippen LogP contribution in [-0.2, 0) is 4.79 Å². The summed E-state index contributed by atoms with van der Waals surface area (Å²) in [5.74, 6) is 0.845. The lowest BCUT2D eigenvalue weighted by atomic mass is 9.82. The lowest BCUT2D eigenvalue weighted by Gasteiger charge is -2.21. The van der Waals surface area contributed by atoms with Crippen molar-refractivity contribution < 1.29 is 4.79 Å². The van der Waals surface area contributed by atoms with Gasteiger partial charge in [-0.2, -0.15) is 0 Å². The van der Waals surface area contributed by atoms with Crippen LogP contribution in [0.2, 0.25) is 0 Å². The second kappa shape index (κ2) is 6.47. The molecule has 0 aromatic heterocycles. The standard InChI is InChI=1S/C15H22O/c1-4-5-11-15(13(3)16)12(2)14-9-7-6-8-10-14/h6-10,12,15H,4-5,11H2,1-3H3/t12-,15-/m1/s1. The first-order chi connectivity index (χ1) is 7.66. The molecule has 0 aliphatic rings. The Balaban J connectivity index is 2.75. The van der Waals surface area contributed by atoms with Crippen molar-refractivity contribution in [3.8, 4) is 0 Å². The molecule has 16 heavy (non-hydrogen) atoms. The van der Waals surface area contributed by atoms with Gasteiger partial charge in [0, 0.05) is 5.92 Å². The van der Waals surface area contributed by atoms with Crippen LogP contribution in [0.1, 0.15) is 51.5 Å². The van der Waals surface area contributed by atoms with Crippen LogP contribution < -0.4 is 0 Å². The molecule has 1 aromatic rings. The molecule has 1 rings (SSSR count). The first-order valence-electron chi connectivity index (χ1n) is 6.22. The number of rotatable bonds is 6. The molecular weight excluding hydrogens is 196 g/mol. The van der Waals surface area contributed by atoms with Crippen LogP contribution in [0.4, 0.5) is 0 Å². The quantitative estimate of drug-likeness (QED) is 0.700. The molecule has 0 saturated heterocycles. The molecule has 0 unspecified atom stereocenters. The van der Waals surface area contributed by atoms with Crippen LogP contribution in [-0.4, -0.2) is 5.78 Å². The van der Waals surface area contributed by atoms with Crippen LogP contribution in [0.15, 0.2) is 30.3 Å². The van der Waals surface area contributed by atoms with Crippen LogP contribution in [0.5, 0.6) is 0 Å². The molecule has 0 spiro atoms. The third kappa shape index (κ3) is 3.48. The van der Waals surface area contributed by atoms with Crippen molar-refractivity contribution in [3.05, 3.63) is 35.9 Å². The Kier molecular flexibility index (Phi) is 5.24. The van der Waals surface area contributed by atoms with Crippen molar-refractivity contribution in [2.24, 2.45) is 5.92 Å². The zero-order valence-corrected chi connectivity index (χ0v) is 10.6. The summed E-state index contributed by atoms with van der Waals surface area (Å²) in [6.45, 7) is 6.06. The summed E-state index contributed by atoms with van der Waals surface area (Å²) in [5.41, 5.74) is 1.28. The van der Waals surface area contributed by atoms with Gasteiger partial charge in [0.2, 0.25) is 0 Å². The number of unbranched alkanes of at least 4 members (excludes halogenated alkanes) is 1. The van der Waals surface area contributed by atoms with Crippen LogP contribution in [0.3, 0.4) is 0 Å². The SMILES string of the molecule is CCCC[C@@H](C(C)=O)[C@H](C)c1ccccc1. The van der Waals surface area contributed by atoms with Crippen molar-refractivity contribution >= 4 is 5.78 Å². The Morgan fingerprint density at radius 2 is 1.88 bits per heavy atom. The lowest BCUT2D eigenvalue weighted by Crippen LogP contribution is -2.18. The van der Waals surface area contributed by atoms with Crippen molar-refractivity contribution in [1.29, 1.82) is 0 Å². The average Bonchev–Trinajstić information content (AvgIpc) is 2.30. The van der Waals surface area contributed by atoms with Gasteiger partial charge < -0.3 is 0 Å². The first kappa shape index (κ1) is 13.0. The number of carbonyl (C=O) groups excluding carboxylic acids is 1. The minimum absolute atomic E-state index is 0.183. The highest BCUT2D eigenvalue weighted by atomic mass is 16.1. The highest BCUT2D eigenvalue weighted by Crippen LogP contribution is 2.28. The topological polar surface area (TPSA) is 17.1 Å². The Bertz CT molecular complexity index is 315. The molecule has 0 aliphatic heterocycles. The minimum atomic E-state index is 0.183. The third-order valence-electron chi connectivity index (χ3n) is 3.32. The first-order valence-corrected chi connectivity index (χ1v) is 6.22. The van der Waals surface area contributed by atoms with Gasteiger partial charge in [0.25, 0.3) is 0 Å². The maximum Gasteiger partial charge on any atom is 0.133 e. The maximum atomic E-state index is 11.7. The molecule has 0 amide bonds. The summed E-state index contributed by atoms with van der Waals surface area (Å²) >= 11 is 0. The van der Waals surface area contributed by atoms with Crippen LogP contribution >= 0.6 is 0 Å². The average molecular weight is 218 g/mol. The van der Waals surface area contributed by atoms with E-state index in [0.29, 0.717) is 11.7 Å². The number of ketones is 1. The predicted octanol–water partition coefficient (Wildman–Crippen LogP) is 4.19. The van der Waals surface area contributed by atoms with Crippen molar-refractivity contribution in [2.45, 2.75) is 46.0 Å². The number of hydrogen-bond donors (Lipinski definition) is 0. The van der Waals surface area contributed by atoms with Crippen LogP contribution in [0.25, 0.3) is 0 Å². The Morgan fingerprint density at radius 1 is 1.25 bits per heavy atom. The highest BCUT2D eigenvalue weighted by Gasteiger charge is 2.22. The molecule has 1 nitrogen and oxygen atoms in total. The minimum Gasteiger partial charge on any atom is -0.300 e. The summed E-state index contributed by atoms with van der Waals surface area (Å²) in [5, 5.41) is 0. The van der Waals surface area contributed by atoms with E-state index in [9.17, 15) is 4.79 Å². The molecule has 0 fully saturated rings. The molecule has 0 N–H and O–H groups in total. The van der Waals surface area contributed by atoms with Crippen LogP contribution in [0, 0.1) is 5.92 Å². The molecule has 0 radical (unpaired) electrons. The molecule has 0 aliphatic carbocycles. The van der Waals surface area contributed by atoms with Gasteiger partial charge >= 0.3 is 0 Å². The van der Waals surface area contributed by atoms with Crippen molar-refractivity contribution in [1.82, 2.24) is 0 Å². The van der Waals surface area contributed by atoms with E-state index in [2.05, 4.69) is 26.0 Å². The molecule has 1 aromatic carbocycles. The fourth-order valence-electron chi connectivity index (χ4n) is 2.22. The summed E-state index contributed by atoms with van der Waals surface area (Å²) in [6, 6.07) is 10.3. The third-order valence-corrected chi connectivity index (χ3v) is 3.32. The van der Waals surface area contributed by atoms with Gasteiger partial charge in [0.05, 0.1) is 0 Å². The molecule has 88 valence electrons. The Labute approximate surface area is 98.9 Å². The number of benzene rings is 1. The Hall–Kier alpha value is -1.11. The second-order valence-corrected chi connectivity index (χ2v) is 4.56. The largest absolute Gasteiger partial charge is 0.300 e. The van der Waals surface area contributed by atoms with Crippen molar-refractivity contribution in [2.75, 3.05) is 0 Å². The molecule has 0 saturated carbocycles. The van der Waals surface area contributed by atoms with E-state index < -0.39 is 0 Å². The normalized spacial score (nSPS) is 14.4. The van der Waals surface area contributed by atoms with E-state index in [0.717, 1.165) is 19.3 Å². The van der Waals surface area contributed by atoms with Gasteiger partial charge in [-0.25, -0.2) is 0 Å². The molecule has 1 heteroatoms. The zero-order valence-electron chi connectivity index (χ0n) is 10.6. The zero-order chi connectivity index (χ0) is 12.0. The van der Waals surface area contributed by atoms with E-state index in [1.807, 2.05) is 18.2 Å². The van der Waals surface area contributed by atoms with E-state index in [4.69, 9.17) is 0 Å². The van der Waals surface area contributed by atoms with E-state index >= 15 is 0 Å². The second-order valence-electron chi connectivity index (χ2n) is 4.56. The number of Topliss-reactive ketones (excluding diaryl/α,β-unsaturated/α-hetero) is 1. The van der Waals surface area contributed by atoms with Gasteiger partial charge in [-0.1, -0.05) is 57.0 Å². The highest BCUT2D eigenvalue weighted by molar-refractivity contribution is 5.79. The predicted molar refractivity (Wildman–Crippen MR) is 68.6 cm³/mol. The van der Waals surface area contributed by atoms with Gasteiger partial charge in [0.15, 0.2) is 0 Å². The van der Waals surface area contributed by atoms with E-state index in [-0.39, 0.29) is 5.92 Å². The van der Waals surface area contributed by atoms with Gasteiger partial charge in [-0.05, 0) is 24.8 Å². The molecule has 0 bridgehead atoms. The number of hydrogen-bond acceptors (Lipinski definition) is 1. The fraction of sp³-hybridized carbons (Fsp3) is 0.533. The van der Waals surface area contributed by atoms with Gasteiger partial charge in [0.1, 0.15) is 5.78 Å². The number of carbonyl (C=O) groups is 1. The van der Waals surface area contributed by atoms with Crippen molar-refractivity contribution in [3.63, 3.8) is 0 Å². The molecular formula is C15H22O. The summed E-state index contributed by atoms with van der Waals surface area (Å²) in [6.07, 6.45) is 3.31. The smallest absolute Gasteiger partial charge is 0.133 e. The fourth-order valence-corrected chi connectivity index (χ4v) is 2.22. The summed E-state index contributed by atoms with van der Waals surface area (Å²) < 4.78 is 0. The van der Waals surface area contributed by atoms with Gasteiger partial charge in [-0.15, -0.1) is 0 Å². The Morgan fingerprint density at radius 3 is 2.38 bits per heavy atom. The lowest BCUT2D eigenvalue weighted by molar-refractivity contribution is -0.121. The molecule has 2 atom stereocenters.